The van der Waals surface area contributed by atoms with Gasteiger partial charge >= 0.3 is 0 Å². The molecular formula is C11H23NY-2. The molecule has 13 heavy (non-hydrogen) atoms. The number of hydrogen-bond acceptors (Lipinski definition) is 0. The molecule has 1 saturated heterocycles. The molecule has 1 nitrogen and oxygen atoms in total. The standard InChI is InChI=1S/C8H16N.C3H7.Y/c1-7(2)8-4-3-5-9-6-8;1-3-2;/h7-8H,3-6H2,1-2H3;3H,1-2H3;/q2*-1;/t8-;;/m1../s1. The summed E-state index contributed by atoms with van der Waals surface area (Å²) >= 11 is 0. The Morgan fingerprint density at radius 2 is 1.85 bits per heavy atom. The third kappa shape index (κ3) is 9.37. The summed E-state index contributed by atoms with van der Waals surface area (Å²) in [4.78, 5) is 0. The minimum absolute atomic E-state index is 0. The average molecular weight is 258 g/mol. The minimum Gasteiger partial charge on any atom is -0.662 e. The Kier molecular flexibility index (Phi) is 14.1. The molecule has 0 aromatic heterocycles. The molecule has 0 saturated carbocycles. The summed E-state index contributed by atoms with van der Waals surface area (Å²) in [5.41, 5.74) is 0. The Balaban J connectivity index is 0. The van der Waals surface area contributed by atoms with Crippen LogP contribution >= 0.6 is 0 Å². The summed E-state index contributed by atoms with van der Waals surface area (Å²) < 4.78 is 0. The van der Waals surface area contributed by atoms with E-state index in [1.54, 1.807) is 0 Å². The summed E-state index contributed by atoms with van der Waals surface area (Å²) in [5.74, 6) is 1.73. The molecule has 0 aliphatic carbocycles. The number of rotatable bonds is 1. The first-order chi connectivity index (χ1) is 5.72. The molecular weight excluding hydrogens is 235 g/mol. The monoisotopic (exact) mass is 258 g/mol. The van der Waals surface area contributed by atoms with Crippen molar-refractivity contribution in [1.82, 2.24) is 0 Å². The first-order valence-electron chi connectivity index (χ1n) is 5.09. The van der Waals surface area contributed by atoms with Crippen LogP contribution in [0.5, 0.6) is 0 Å². The minimum atomic E-state index is 0. The number of hydrogen-bond donors (Lipinski definition) is 0. The Morgan fingerprint density at radius 1 is 1.31 bits per heavy atom. The summed E-state index contributed by atoms with van der Waals surface area (Å²) in [7, 11) is 0. The van der Waals surface area contributed by atoms with Gasteiger partial charge in [0.05, 0.1) is 0 Å². The van der Waals surface area contributed by atoms with E-state index in [0.29, 0.717) is 0 Å². The predicted octanol–water partition coefficient (Wildman–Crippen LogP) is 3.65. The zero-order valence-corrected chi connectivity index (χ0v) is 12.4. The maximum absolute atomic E-state index is 4.38. The van der Waals surface area contributed by atoms with Crippen LogP contribution in [0, 0.1) is 18.3 Å². The second-order valence-electron chi connectivity index (χ2n) is 3.85. The van der Waals surface area contributed by atoms with Crippen LogP contribution in [0.3, 0.4) is 0 Å². The van der Waals surface area contributed by atoms with Gasteiger partial charge in [0, 0.05) is 32.7 Å². The zero-order valence-electron chi connectivity index (χ0n) is 9.59. The van der Waals surface area contributed by atoms with E-state index >= 15 is 0 Å². The van der Waals surface area contributed by atoms with Crippen molar-refractivity contribution in [3.8, 4) is 0 Å². The molecule has 0 spiro atoms. The van der Waals surface area contributed by atoms with E-state index < -0.39 is 0 Å². The van der Waals surface area contributed by atoms with Gasteiger partial charge in [-0.25, -0.2) is 0 Å². The van der Waals surface area contributed by atoms with Crippen molar-refractivity contribution in [2.24, 2.45) is 11.8 Å². The van der Waals surface area contributed by atoms with E-state index in [2.05, 4.69) is 19.2 Å². The van der Waals surface area contributed by atoms with Crippen LogP contribution < -0.4 is 0 Å². The van der Waals surface area contributed by atoms with E-state index in [0.717, 1.165) is 24.9 Å². The maximum atomic E-state index is 4.38. The van der Waals surface area contributed by atoms with Crippen LogP contribution in [0.4, 0.5) is 0 Å². The van der Waals surface area contributed by atoms with Gasteiger partial charge in [0.25, 0.3) is 0 Å². The zero-order chi connectivity index (χ0) is 9.40. The molecule has 0 aromatic rings. The summed E-state index contributed by atoms with van der Waals surface area (Å²) in [6, 6.07) is 0. The Morgan fingerprint density at radius 3 is 2.08 bits per heavy atom. The van der Waals surface area contributed by atoms with Gasteiger partial charge in [-0.05, 0) is 5.92 Å². The molecule has 1 radical (unpaired) electrons. The second kappa shape index (κ2) is 11.1. The second-order valence-corrected chi connectivity index (χ2v) is 3.85. The van der Waals surface area contributed by atoms with Gasteiger partial charge in [-0.3, -0.25) is 0 Å². The van der Waals surface area contributed by atoms with Crippen LogP contribution in [-0.4, -0.2) is 13.1 Å². The molecule has 77 valence electrons. The number of piperidine rings is 1. The van der Waals surface area contributed by atoms with Crippen molar-refractivity contribution < 1.29 is 32.7 Å². The SMILES string of the molecule is CC(C)[C@@H]1CCC[N-]C1.C[CH-]C.[Y]. The van der Waals surface area contributed by atoms with Crippen molar-refractivity contribution >= 4 is 0 Å². The maximum Gasteiger partial charge on any atom is 0 e. The van der Waals surface area contributed by atoms with Gasteiger partial charge in [0.15, 0.2) is 0 Å². The summed E-state index contributed by atoms with van der Waals surface area (Å²) in [6.07, 6.45) is 4.73. The third-order valence-electron chi connectivity index (χ3n) is 2.20. The van der Waals surface area contributed by atoms with E-state index in [1.807, 2.05) is 20.3 Å². The number of nitrogens with zero attached hydrogens (tertiary/aromatic N) is 1. The molecule has 0 bridgehead atoms. The predicted molar refractivity (Wildman–Crippen MR) is 56.3 cm³/mol. The van der Waals surface area contributed by atoms with Gasteiger partial charge in [-0.1, -0.05) is 32.6 Å². The van der Waals surface area contributed by atoms with E-state index in [4.69, 9.17) is 0 Å². The topological polar surface area (TPSA) is 14.1 Å². The summed E-state index contributed by atoms with van der Waals surface area (Å²) in [6.45, 7) is 10.8. The molecule has 1 aliphatic rings. The van der Waals surface area contributed by atoms with Gasteiger partial charge in [0.2, 0.25) is 0 Å². The van der Waals surface area contributed by atoms with Crippen LogP contribution in [-0.2, 0) is 32.7 Å². The van der Waals surface area contributed by atoms with Crippen LogP contribution in [0.2, 0.25) is 0 Å². The first kappa shape index (κ1) is 16.5. The average Bonchev–Trinajstić information content (AvgIpc) is 2.07. The molecule has 2 heteroatoms. The molecule has 0 amide bonds. The van der Waals surface area contributed by atoms with E-state index in [1.165, 1.54) is 12.8 Å². The third-order valence-corrected chi connectivity index (χ3v) is 2.20. The van der Waals surface area contributed by atoms with Crippen molar-refractivity contribution in [1.29, 1.82) is 0 Å². The van der Waals surface area contributed by atoms with Crippen LogP contribution in [0.1, 0.15) is 40.5 Å². The Hall–Kier alpha value is 1.06. The fraction of sp³-hybridized carbons (Fsp3) is 0.909. The molecule has 1 aliphatic heterocycles. The van der Waals surface area contributed by atoms with Gasteiger partial charge in [-0.2, -0.15) is 13.8 Å². The Labute approximate surface area is 109 Å². The van der Waals surface area contributed by atoms with Gasteiger partial charge in [0.1, 0.15) is 0 Å². The van der Waals surface area contributed by atoms with Crippen molar-refractivity contribution in [3.63, 3.8) is 0 Å². The van der Waals surface area contributed by atoms with Crippen LogP contribution in [0.15, 0.2) is 0 Å². The normalized spacial score (nSPS) is 21.5. The smallest absolute Gasteiger partial charge is 0 e. The molecule has 1 heterocycles. The van der Waals surface area contributed by atoms with Crippen molar-refractivity contribution in [3.05, 3.63) is 11.7 Å². The molecule has 1 rings (SSSR count). The summed E-state index contributed by atoms with van der Waals surface area (Å²) in [5, 5.41) is 4.38. The fourth-order valence-corrected chi connectivity index (χ4v) is 1.36. The molecule has 0 aromatic carbocycles. The van der Waals surface area contributed by atoms with Gasteiger partial charge < -0.3 is 11.7 Å². The quantitative estimate of drug-likeness (QED) is 0.637. The molecule has 1 fully saturated rings. The largest absolute Gasteiger partial charge is 0.662 e. The first-order valence-corrected chi connectivity index (χ1v) is 5.09. The van der Waals surface area contributed by atoms with E-state index in [-0.39, 0.29) is 32.7 Å². The van der Waals surface area contributed by atoms with Gasteiger partial charge in [-0.15, -0.1) is 13.1 Å². The Bertz CT molecular complexity index is 88.1. The van der Waals surface area contributed by atoms with Crippen molar-refractivity contribution in [2.75, 3.05) is 13.1 Å². The van der Waals surface area contributed by atoms with Crippen molar-refractivity contribution in [2.45, 2.75) is 40.5 Å². The molecule has 0 N–H and O–H groups in total. The molecule has 1 atom stereocenters. The fourth-order valence-electron chi connectivity index (χ4n) is 1.36. The van der Waals surface area contributed by atoms with Crippen LogP contribution in [0.25, 0.3) is 5.32 Å². The van der Waals surface area contributed by atoms with E-state index in [9.17, 15) is 0 Å². The molecule has 0 unspecified atom stereocenters.